The molecule has 0 bridgehead atoms. The minimum absolute atomic E-state index is 0.0345. The van der Waals surface area contributed by atoms with E-state index in [1.54, 1.807) is 0 Å². The third kappa shape index (κ3) is 14.0. The molecule has 2 N–H and O–H groups in total. The van der Waals surface area contributed by atoms with Crippen LogP contribution < -0.4 is 10.6 Å². The number of pyridine rings is 1. The van der Waals surface area contributed by atoms with Crippen molar-refractivity contribution in [2.24, 2.45) is 0 Å². The summed E-state index contributed by atoms with van der Waals surface area (Å²) in [6.07, 6.45) is 1.87. The number of ether oxygens (including phenoxy) is 2. The van der Waals surface area contributed by atoms with Gasteiger partial charge in [-0.05, 0) is 12.1 Å². The number of aromatic nitrogens is 1. The van der Waals surface area contributed by atoms with Crippen molar-refractivity contribution in [1.82, 2.24) is 15.6 Å². The lowest BCUT2D eigenvalue weighted by molar-refractivity contribution is 0.0867. The maximum absolute atomic E-state index is 12.1. The smallest absolute Gasteiger partial charge is 0.269 e. The number of carbonyl (C=O) groups is 2. The molecule has 0 unspecified atom stereocenters. The van der Waals surface area contributed by atoms with Crippen LogP contribution in [0.4, 0.5) is 0 Å². The molecule has 0 saturated heterocycles. The fraction of sp³-hybridized carbons (Fsp3) is 0.588. The third-order valence-corrected chi connectivity index (χ3v) is 4.52. The van der Waals surface area contributed by atoms with Gasteiger partial charge in [0.15, 0.2) is 0 Å². The van der Waals surface area contributed by atoms with Crippen LogP contribution in [0.3, 0.4) is 0 Å². The molecule has 15 heteroatoms. The molecule has 13 nitrogen and oxygen atoms in total. The molecule has 0 aliphatic carbocycles. The lowest BCUT2D eigenvalue weighted by Gasteiger charge is -2.08. The Morgan fingerprint density at radius 1 is 0.750 bits per heavy atom. The van der Waals surface area contributed by atoms with Gasteiger partial charge in [0, 0.05) is 13.1 Å². The summed E-state index contributed by atoms with van der Waals surface area (Å²) in [6.45, 7) is 0.418. The van der Waals surface area contributed by atoms with Crippen LogP contribution in [0, 0.1) is 0 Å². The Morgan fingerprint density at radius 2 is 1.16 bits per heavy atom. The molecule has 0 aliphatic heterocycles. The molecule has 182 valence electrons. The molecule has 0 fully saturated rings. The van der Waals surface area contributed by atoms with Crippen LogP contribution in [-0.2, 0) is 38.1 Å². The molecule has 0 atom stereocenters. The minimum atomic E-state index is -3.52. The van der Waals surface area contributed by atoms with Gasteiger partial charge in [0.2, 0.25) is 0 Å². The molecule has 0 spiro atoms. The summed E-state index contributed by atoms with van der Waals surface area (Å²) in [7, 11) is -7.03. The van der Waals surface area contributed by atoms with Gasteiger partial charge in [-0.15, -0.1) is 0 Å². The largest absolute Gasteiger partial charge is 0.377 e. The van der Waals surface area contributed by atoms with Crippen molar-refractivity contribution in [3.63, 3.8) is 0 Å². The Labute approximate surface area is 187 Å². The minimum Gasteiger partial charge on any atom is -0.377 e. The molecule has 32 heavy (non-hydrogen) atoms. The second-order valence-corrected chi connectivity index (χ2v) is 9.48. The van der Waals surface area contributed by atoms with E-state index < -0.39 is 32.1 Å². The third-order valence-electron chi connectivity index (χ3n) is 3.33. The Hall–Kier alpha value is -2.17. The first-order valence-electron chi connectivity index (χ1n) is 9.36. The summed E-state index contributed by atoms with van der Waals surface area (Å²) in [5.41, 5.74) is 0.0690. The van der Waals surface area contributed by atoms with Gasteiger partial charge in [-0.2, -0.15) is 16.8 Å². The second-order valence-electron chi connectivity index (χ2n) is 6.20. The average Bonchev–Trinajstić information content (AvgIpc) is 2.70. The van der Waals surface area contributed by atoms with Crippen LogP contribution in [-0.4, -0.2) is 98.9 Å². The van der Waals surface area contributed by atoms with Crippen LogP contribution in [0.2, 0.25) is 0 Å². The zero-order chi connectivity index (χ0) is 24.0. The summed E-state index contributed by atoms with van der Waals surface area (Å²) >= 11 is 0. The number of carbonyl (C=O) groups excluding carboxylic acids is 2. The van der Waals surface area contributed by atoms with Gasteiger partial charge in [0.05, 0.1) is 52.2 Å². The molecular weight excluding hydrogens is 470 g/mol. The second kappa shape index (κ2) is 14.1. The maximum Gasteiger partial charge on any atom is 0.269 e. The topological polar surface area (TPSA) is 176 Å². The number of nitrogens with zero attached hydrogens (tertiary/aromatic N) is 1. The highest BCUT2D eigenvalue weighted by Gasteiger charge is 2.12. The number of amides is 2. The Bertz CT molecular complexity index is 878. The highest BCUT2D eigenvalue weighted by molar-refractivity contribution is 7.86. The first kappa shape index (κ1) is 27.9. The SMILES string of the molecule is CS(=O)(=O)OCCOCCNC(=O)c1cccc(C(=O)NCCOCCOS(C)(=O)=O)n1. The highest BCUT2D eigenvalue weighted by Crippen LogP contribution is 2.00. The van der Waals surface area contributed by atoms with Gasteiger partial charge in [-0.25, -0.2) is 4.98 Å². The molecule has 1 aromatic rings. The predicted molar refractivity (Wildman–Crippen MR) is 112 cm³/mol. The fourth-order valence-corrected chi connectivity index (χ4v) is 2.78. The molecule has 1 rings (SSSR count). The normalized spacial score (nSPS) is 11.8. The molecule has 1 heterocycles. The monoisotopic (exact) mass is 497 g/mol. The van der Waals surface area contributed by atoms with E-state index in [2.05, 4.69) is 24.0 Å². The van der Waals surface area contributed by atoms with E-state index in [1.165, 1.54) is 18.2 Å². The van der Waals surface area contributed by atoms with Crippen molar-refractivity contribution < 1.29 is 44.3 Å². The van der Waals surface area contributed by atoms with Crippen molar-refractivity contribution in [1.29, 1.82) is 0 Å². The summed E-state index contributed by atoms with van der Waals surface area (Å²) in [4.78, 5) is 28.3. The molecule has 0 radical (unpaired) electrons. The average molecular weight is 498 g/mol. The van der Waals surface area contributed by atoms with E-state index in [0.29, 0.717) is 0 Å². The van der Waals surface area contributed by atoms with Gasteiger partial charge in [-0.1, -0.05) is 6.07 Å². The lowest BCUT2D eigenvalue weighted by atomic mass is 10.2. The van der Waals surface area contributed by atoms with Crippen LogP contribution in [0.1, 0.15) is 21.0 Å². The lowest BCUT2D eigenvalue weighted by Crippen LogP contribution is -2.31. The van der Waals surface area contributed by atoms with E-state index in [-0.39, 0.29) is 64.1 Å². The first-order valence-corrected chi connectivity index (χ1v) is 13.0. The summed E-state index contributed by atoms with van der Waals surface area (Å²) < 4.78 is 62.4. The van der Waals surface area contributed by atoms with Gasteiger partial charge in [0.25, 0.3) is 32.1 Å². The van der Waals surface area contributed by atoms with E-state index >= 15 is 0 Å². The Balaban J connectivity index is 2.28. The van der Waals surface area contributed by atoms with Crippen LogP contribution in [0.5, 0.6) is 0 Å². The van der Waals surface area contributed by atoms with Crippen LogP contribution in [0.25, 0.3) is 0 Å². The Morgan fingerprint density at radius 3 is 1.53 bits per heavy atom. The predicted octanol–water partition coefficient (Wildman–Crippen LogP) is -1.47. The van der Waals surface area contributed by atoms with Gasteiger partial charge >= 0.3 is 0 Å². The number of hydrogen-bond donors (Lipinski definition) is 2. The number of rotatable bonds is 16. The van der Waals surface area contributed by atoms with Crippen LogP contribution >= 0.6 is 0 Å². The van der Waals surface area contributed by atoms with Crippen molar-refractivity contribution >= 4 is 32.1 Å². The number of hydrogen-bond acceptors (Lipinski definition) is 11. The zero-order valence-corrected chi connectivity index (χ0v) is 19.4. The van der Waals surface area contributed by atoms with E-state index in [9.17, 15) is 26.4 Å². The molecule has 1 aromatic heterocycles. The maximum atomic E-state index is 12.1. The number of nitrogens with one attached hydrogen (secondary N) is 2. The van der Waals surface area contributed by atoms with Crippen molar-refractivity contribution in [2.75, 3.05) is 65.2 Å². The molecule has 0 saturated carbocycles. The fourth-order valence-electron chi connectivity index (χ4n) is 2.03. The molecule has 0 aromatic carbocycles. The van der Waals surface area contributed by atoms with Gasteiger partial charge in [0.1, 0.15) is 11.4 Å². The van der Waals surface area contributed by atoms with Gasteiger partial charge in [-0.3, -0.25) is 18.0 Å². The first-order chi connectivity index (χ1) is 15.0. The molecular formula is C17H27N3O10S2. The van der Waals surface area contributed by atoms with Crippen molar-refractivity contribution in [3.8, 4) is 0 Å². The van der Waals surface area contributed by atoms with Crippen molar-refractivity contribution in [3.05, 3.63) is 29.6 Å². The Kier molecular flexibility index (Phi) is 12.3. The van der Waals surface area contributed by atoms with E-state index in [4.69, 9.17) is 9.47 Å². The molecule has 2 amide bonds. The summed E-state index contributed by atoms with van der Waals surface area (Å²) in [6, 6.07) is 4.39. The highest BCUT2D eigenvalue weighted by atomic mass is 32.2. The standard InChI is InChI=1S/C17H27N3O10S2/c1-31(23,24)29-12-10-27-8-6-18-16(21)14-4-3-5-15(20-14)17(22)19-7-9-28-11-13-30-32(2,25)26/h3-5H,6-13H2,1-2H3,(H,18,21)(H,19,22). The van der Waals surface area contributed by atoms with E-state index in [0.717, 1.165) is 12.5 Å². The quantitative estimate of drug-likeness (QED) is 0.201. The van der Waals surface area contributed by atoms with Crippen LogP contribution in [0.15, 0.2) is 18.2 Å². The van der Waals surface area contributed by atoms with Crippen molar-refractivity contribution in [2.45, 2.75) is 0 Å². The van der Waals surface area contributed by atoms with Gasteiger partial charge < -0.3 is 20.1 Å². The summed E-state index contributed by atoms with van der Waals surface area (Å²) in [5, 5.41) is 5.13. The van der Waals surface area contributed by atoms with E-state index in [1.807, 2.05) is 0 Å². The summed E-state index contributed by atoms with van der Waals surface area (Å²) in [5.74, 6) is -1.02. The zero-order valence-electron chi connectivity index (χ0n) is 17.7. The molecule has 0 aliphatic rings.